The van der Waals surface area contributed by atoms with Crippen LogP contribution in [0.4, 0.5) is 10.5 Å². The van der Waals surface area contributed by atoms with Gasteiger partial charge in [0.2, 0.25) is 5.82 Å². The van der Waals surface area contributed by atoms with Crippen LogP contribution >= 0.6 is 0 Å². The number of benzene rings is 2. The molecule has 0 aliphatic rings. The maximum Gasteiger partial charge on any atom is 0.325 e. The number of anilines is 1. The van der Waals surface area contributed by atoms with Crippen LogP contribution in [0.2, 0.25) is 0 Å². The summed E-state index contributed by atoms with van der Waals surface area (Å²) in [7, 11) is 0. The Hall–Kier alpha value is -3.55. The molecule has 3 rings (SSSR count). The van der Waals surface area contributed by atoms with Crippen molar-refractivity contribution in [1.29, 1.82) is 0 Å². The highest BCUT2D eigenvalue weighted by Crippen LogP contribution is 2.14. The maximum atomic E-state index is 12.0. The lowest BCUT2D eigenvalue weighted by molar-refractivity contribution is -0.120. The van der Waals surface area contributed by atoms with Crippen molar-refractivity contribution in [3.63, 3.8) is 0 Å². The van der Waals surface area contributed by atoms with Gasteiger partial charge in [0.25, 0.3) is 5.91 Å². The lowest BCUT2D eigenvalue weighted by atomic mass is 10.1. The van der Waals surface area contributed by atoms with E-state index in [0.717, 1.165) is 21.5 Å². The lowest BCUT2D eigenvalue weighted by Crippen LogP contribution is -2.37. The van der Waals surface area contributed by atoms with E-state index in [1.54, 1.807) is 6.07 Å². The number of carbonyl (C=O) groups excluding carboxylic acids is 2. The number of carbonyl (C=O) groups is 2. The molecule has 0 atom stereocenters. The first-order chi connectivity index (χ1) is 12.5. The summed E-state index contributed by atoms with van der Waals surface area (Å²) in [5, 5.41) is 16.7. The number of hydrogen-bond acceptors (Lipinski definition) is 5. The normalized spacial score (nSPS) is 10.4. The Morgan fingerprint density at radius 1 is 1.04 bits per heavy atom. The predicted octanol–water partition coefficient (Wildman–Crippen LogP) is 2.31. The number of rotatable bonds is 4. The average molecular weight is 350 g/mol. The Kier molecular flexibility index (Phi) is 5.02. The van der Waals surface area contributed by atoms with E-state index >= 15 is 0 Å². The summed E-state index contributed by atoms with van der Waals surface area (Å²) in [6, 6.07) is 14.2. The number of imide groups is 1. The quantitative estimate of drug-likeness (QED) is 0.752. The van der Waals surface area contributed by atoms with E-state index in [1.807, 2.05) is 56.3 Å². The first-order valence-electron chi connectivity index (χ1n) is 8.02. The van der Waals surface area contributed by atoms with Gasteiger partial charge >= 0.3 is 6.03 Å². The fourth-order valence-corrected chi connectivity index (χ4v) is 2.29. The van der Waals surface area contributed by atoms with Gasteiger partial charge in [-0.1, -0.05) is 36.4 Å². The van der Waals surface area contributed by atoms with E-state index in [4.69, 9.17) is 0 Å². The number of tetrazole rings is 1. The molecule has 0 spiro atoms. The SMILES string of the molecule is Cc1ccc(NC(=O)NC(=O)Cn2nnc(-c3ccccc3)n2)cc1C. The number of hydrogen-bond donors (Lipinski definition) is 2. The van der Waals surface area contributed by atoms with Gasteiger partial charge in [-0.25, -0.2) is 4.79 Å². The van der Waals surface area contributed by atoms with Crippen LogP contribution in [-0.4, -0.2) is 32.1 Å². The standard InChI is InChI=1S/C18H18N6O2/c1-12-8-9-15(10-13(12)2)19-18(26)20-16(25)11-24-22-17(21-23-24)14-6-4-3-5-7-14/h3-10H,11H2,1-2H3,(H2,19,20,25,26). The van der Waals surface area contributed by atoms with E-state index in [0.29, 0.717) is 11.5 Å². The topological polar surface area (TPSA) is 102 Å². The number of aryl methyl sites for hydroxylation is 2. The number of nitrogens with zero attached hydrogens (tertiary/aromatic N) is 4. The molecule has 8 heteroatoms. The van der Waals surface area contributed by atoms with E-state index in [-0.39, 0.29) is 6.54 Å². The van der Waals surface area contributed by atoms with Crippen LogP contribution < -0.4 is 10.6 Å². The smallest absolute Gasteiger partial charge is 0.308 e. The Morgan fingerprint density at radius 3 is 2.54 bits per heavy atom. The lowest BCUT2D eigenvalue weighted by Gasteiger charge is -2.08. The number of amides is 3. The van der Waals surface area contributed by atoms with Crippen molar-refractivity contribution in [2.24, 2.45) is 0 Å². The van der Waals surface area contributed by atoms with E-state index in [9.17, 15) is 9.59 Å². The highest BCUT2D eigenvalue weighted by atomic mass is 16.2. The fraction of sp³-hybridized carbons (Fsp3) is 0.167. The monoisotopic (exact) mass is 350 g/mol. The first-order valence-corrected chi connectivity index (χ1v) is 8.02. The molecule has 3 amide bonds. The zero-order valence-electron chi connectivity index (χ0n) is 14.4. The van der Waals surface area contributed by atoms with Crippen molar-refractivity contribution in [3.8, 4) is 11.4 Å². The average Bonchev–Trinajstić information content (AvgIpc) is 3.07. The fourth-order valence-electron chi connectivity index (χ4n) is 2.29. The largest absolute Gasteiger partial charge is 0.325 e. The van der Waals surface area contributed by atoms with Crippen LogP contribution in [-0.2, 0) is 11.3 Å². The summed E-state index contributed by atoms with van der Waals surface area (Å²) in [6.45, 7) is 3.72. The van der Waals surface area contributed by atoms with Crippen molar-refractivity contribution in [3.05, 3.63) is 59.7 Å². The minimum absolute atomic E-state index is 0.208. The summed E-state index contributed by atoms with van der Waals surface area (Å²) in [5.41, 5.74) is 3.59. The second kappa shape index (κ2) is 7.56. The molecule has 0 fully saturated rings. The first kappa shape index (κ1) is 17.3. The molecule has 0 saturated carbocycles. The summed E-state index contributed by atoms with van der Waals surface area (Å²) < 4.78 is 0. The molecule has 1 aromatic heterocycles. The van der Waals surface area contributed by atoms with Crippen LogP contribution in [0, 0.1) is 13.8 Å². The van der Waals surface area contributed by atoms with E-state index in [1.165, 1.54) is 0 Å². The number of aromatic nitrogens is 4. The van der Waals surface area contributed by atoms with Crippen LogP contribution in [0.1, 0.15) is 11.1 Å². The zero-order valence-corrected chi connectivity index (χ0v) is 14.4. The molecule has 1 heterocycles. The van der Waals surface area contributed by atoms with Crippen molar-refractivity contribution in [2.75, 3.05) is 5.32 Å². The van der Waals surface area contributed by atoms with Gasteiger partial charge in [0, 0.05) is 11.3 Å². The van der Waals surface area contributed by atoms with Crippen LogP contribution in [0.3, 0.4) is 0 Å². The van der Waals surface area contributed by atoms with Crippen LogP contribution in [0.15, 0.2) is 48.5 Å². The van der Waals surface area contributed by atoms with Gasteiger partial charge < -0.3 is 5.32 Å². The molecule has 0 aliphatic heterocycles. The molecule has 132 valence electrons. The number of urea groups is 1. The van der Waals surface area contributed by atoms with Gasteiger partial charge in [-0.3, -0.25) is 10.1 Å². The van der Waals surface area contributed by atoms with Gasteiger partial charge in [-0.15, -0.1) is 10.2 Å². The summed E-state index contributed by atoms with van der Waals surface area (Å²) in [6.07, 6.45) is 0. The molecule has 0 saturated heterocycles. The third kappa shape index (κ3) is 4.29. The molecule has 8 nitrogen and oxygen atoms in total. The molecule has 0 unspecified atom stereocenters. The highest BCUT2D eigenvalue weighted by Gasteiger charge is 2.12. The second-order valence-corrected chi connectivity index (χ2v) is 5.81. The van der Waals surface area contributed by atoms with Crippen molar-refractivity contribution in [1.82, 2.24) is 25.5 Å². The van der Waals surface area contributed by atoms with Gasteiger partial charge in [0.1, 0.15) is 6.54 Å². The molecule has 2 aromatic carbocycles. The Bertz CT molecular complexity index is 936. The molecule has 3 aromatic rings. The Labute approximate surface area is 150 Å². The van der Waals surface area contributed by atoms with Gasteiger partial charge in [0.05, 0.1) is 0 Å². The number of nitrogens with one attached hydrogen (secondary N) is 2. The van der Waals surface area contributed by atoms with Crippen molar-refractivity contribution >= 4 is 17.6 Å². The molecule has 0 bridgehead atoms. The molecule has 0 radical (unpaired) electrons. The molecule has 26 heavy (non-hydrogen) atoms. The van der Waals surface area contributed by atoms with E-state index in [2.05, 4.69) is 26.0 Å². The Balaban J connectivity index is 1.56. The van der Waals surface area contributed by atoms with Crippen LogP contribution in [0.25, 0.3) is 11.4 Å². The third-order valence-corrected chi connectivity index (χ3v) is 3.79. The van der Waals surface area contributed by atoms with Crippen molar-refractivity contribution < 1.29 is 9.59 Å². The van der Waals surface area contributed by atoms with Crippen molar-refractivity contribution in [2.45, 2.75) is 20.4 Å². The third-order valence-electron chi connectivity index (χ3n) is 3.79. The maximum absolute atomic E-state index is 12.0. The molecular formula is C18H18N6O2. The minimum Gasteiger partial charge on any atom is -0.308 e. The summed E-state index contributed by atoms with van der Waals surface area (Å²) >= 11 is 0. The minimum atomic E-state index is -0.610. The van der Waals surface area contributed by atoms with Gasteiger partial charge in [-0.2, -0.15) is 4.80 Å². The van der Waals surface area contributed by atoms with Crippen LogP contribution in [0.5, 0.6) is 0 Å². The summed E-state index contributed by atoms with van der Waals surface area (Å²) in [4.78, 5) is 25.0. The second-order valence-electron chi connectivity index (χ2n) is 5.81. The molecule has 0 aliphatic carbocycles. The summed E-state index contributed by atoms with van der Waals surface area (Å²) in [5.74, 6) is -0.124. The molecular weight excluding hydrogens is 332 g/mol. The van der Waals surface area contributed by atoms with Gasteiger partial charge in [0.15, 0.2) is 0 Å². The molecule has 2 N–H and O–H groups in total. The van der Waals surface area contributed by atoms with Gasteiger partial charge in [-0.05, 0) is 42.3 Å². The Morgan fingerprint density at radius 2 is 1.81 bits per heavy atom. The van der Waals surface area contributed by atoms with E-state index < -0.39 is 11.9 Å². The zero-order chi connectivity index (χ0) is 18.5. The highest BCUT2D eigenvalue weighted by molar-refractivity contribution is 6.01. The predicted molar refractivity (Wildman–Crippen MR) is 96.3 cm³/mol.